The number of aliphatic carboxylic acids is 1. The van der Waals surface area contributed by atoms with Crippen molar-refractivity contribution in [3.05, 3.63) is 65.7 Å². The highest BCUT2D eigenvalue weighted by atomic mass is 16.5. The lowest BCUT2D eigenvalue weighted by atomic mass is 9.99. The molecule has 5 nitrogen and oxygen atoms in total. The van der Waals surface area contributed by atoms with Crippen LogP contribution in [0.2, 0.25) is 0 Å². The van der Waals surface area contributed by atoms with Crippen molar-refractivity contribution < 1.29 is 19.4 Å². The number of carbonyl (C=O) groups excluding carboxylic acids is 1. The Bertz CT molecular complexity index is 712. The maximum absolute atomic E-state index is 12.4. The van der Waals surface area contributed by atoms with Crippen LogP contribution in [0.3, 0.4) is 0 Å². The number of amides is 1. The molecule has 2 aromatic carbocycles. The molecule has 1 unspecified atom stereocenters. The maximum Gasteiger partial charge on any atom is 0.326 e. The second-order valence-corrected chi connectivity index (χ2v) is 6.03. The van der Waals surface area contributed by atoms with Crippen LogP contribution in [-0.4, -0.2) is 35.0 Å². The summed E-state index contributed by atoms with van der Waals surface area (Å²) in [7, 11) is 1.51. The molecule has 1 N–H and O–H groups in total. The number of benzene rings is 2. The summed E-state index contributed by atoms with van der Waals surface area (Å²) in [5.41, 5.74) is 1.90. The van der Waals surface area contributed by atoms with E-state index in [0.717, 1.165) is 16.9 Å². The number of ether oxygens (including phenoxy) is 1. The maximum atomic E-state index is 12.4. The first-order valence-corrected chi connectivity index (χ1v) is 8.16. The first-order valence-electron chi connectivity index (χ1n) is 8.16. The van der Waals surface area contributed by atoms with Crippen LogP contribution >= 0.6 is 0 Å². The van der Waals surface area contributed by atoms with Gasteiger partial charge < -0.3 is 14.7 Å². The molecule has 0 radical (unpaired) electrons. The average Bonchev–Trinajstić information content (AvgIpc) is 2.65. The summed E-state index contributed by atoms with van der Waals surface area (Å²) >= 11 is 0. The van der Waals surface area contributed by atoms with Crippen LogP contribution in [0.5, 0.6) is 5.75 Å². The second-order valence-electron chi connectivity index (χ2n) is 6.03. The molecule has 0 aliphatic carbocycles. The Labute approximate surface area is 147 Å². The van der Waals surface area contributed by atoms with E-state index in [0.29, 0.717) is 6.61 Å². The van der Waals surface area contributed by atoms with Crippen molar-refractivity contribution in [1.29, 1.82) is 0 Å². The zero-order valence-electron chi connectivity index (χ0n) is 14.7. The molecule has 0 saturated heterocycles. The molecular formula is C20H23NO4. The summed E-state index contributed by atoms with van der Waals surface area (Å²) in [6, 6.07) is 16.3. The highest BCUT2D eigenvalue weighted by Crippen LogP contribution is 2.22. The number of hydrogen-bond acceptors (Lipinski definition) is 3. The Morgan fingerprint density at radius 3 is 2.20 bits per heavy atom. The van der Waals surface area contributed by atoms with E-state index in [4.69, 9.17) is 9.84 Å². The van der Waals surface area contributed by atoms with Crippen LogP contribution in [0.15, 0.2) is 54.6 Å². The normalized spacial score (nSPS) is 12.9. The third kappa shape index (κ3) is 4.83. The topological polar surface area (TPSA) is 66.8 Å². The van der Waals surface area contributed by atoms with E-state index in [9.17, 15) is 9.59 Å². The van der Waals surface area contributed by atoms with E-state index in [-0.39, 0.29) is 5.91 Å². The van der Waals surface area contributed by atoms with Gasteiger partial charge in [0, 0.05) is 7.05 Å². The molecule has 0 spiro atoms. The van der Waals surface area contributed by atoms with E-state index >= 15 is 0 Å². The monoisotopic (exact) mass is 341 g/mol. The minimum absolute atomic E-state index is 0.229. The average molecular weight is 341 g/mol. The number of nitrogens with zero attached hydrogens (tertiary/aromatic N) is 1. The van der Waals surface area contributed by atoms with Crippen LogP contribution in [0, 0.1) is 0 Å². The van der Waals surface area contributed by atoms with E-state index in [2.05, 4.69) is 0 Å². The van der Waals surface area contributed by atoms with Gasteiger partial charge in [0.2, 0.25) is 5.91 Å². The molecule has 2 rings (SSSR count). The molecule has 0 saturated carbocycles. The number of hydrogen-bond donors (Lipinski definition) is 1. The van der Waals surface area contributed by atoms with Gasteiger partial charge in [0.25, 0.3) is 0 Å². The van der Waals surface area contributed by atoms with Gasteiger partial charge in [-0.1, -0.05) is 42.5 Å². The third-order valence-electron chi connectivity index (χ3n) is 4.28. The van der Waals surface area contributed by atoms with Crippen LogP contribution in [0.4, 0.5) is 0 Å². The molecule has 132 valence electrons. The molecule has 0 fully saturated rings. The van der Waals surface area contributed by atoms with Gasteiger partial charge in [0.1, 0.15) is 18.4 Å². The van der Waals surface area contributed by atoms with Gasteiger partial charge in [0.05, 0.1) is 5.92 Å². The molecular weight excluding hydrogens is 318 g/mol. The molecule has 0 aromatic heterocycles. The number of carboxylic acids is 1. The largest absolute Gasteiger partial charge is 0.489 e. The van der Waals surface area contributed by atoms with Gasteiger partial charge in [-0.2, -0.15) is 0 Å². The second kappa shape index (κ2) is 8.33. The minimum atomic E-state index is -1.02. The lowest BCUT2D eigenvalue weighted by Gasteiger charge is -2.25. The fraction of sp³-hybridized carbons (Fsp3) is 0.300. The molecule has 2 atom stereocenters. The van der Waals surface area contributed by atoms with Crippen LogP contribution in [0.25, 0.3) is 0 Å². The van der Waals surface area contributed by atoms with E-state index in [1.165, 1.54) is 18.9 Å². The van der Waals surface area contributed by atoms with Gasteiger partial charge in [0.15, 0.2) is 0 Å². The molecule has 1 amide bonds. The first-order chi connectivity index (χ1) is 11.9. The van der Waals surface area contributed by atoms with Crippen molar-refractivity contribution in [2.75, 3.05) is 7.05 Å². The highest BCUT2D eigenvalue weighted by Gasteiger charge is 2.26. The SMILES string of the molecule is CC(C(=O)N(C)[C@H](C)C(=O)O)c1ccc(OCc2ccccc2)cc1. The van der Waals surface area contributed by atoms with Crippen LogP contribution in [-0.2, 0) is 16.2 Å². The summed E-state index contributed by atoms with van der Waals surface area (Å²) in [6.07, 6.45) is 0. The standard InChI is InChI=1S/C20H23NO4/c1-14(19(22)21(3)15(2)20(23)24)17-9-11-18(12-10-17)25-13-16-7-5-4-6-8-16/h4-12,14-15H,13H2,1-3H3,(H,23,24)/t14?,15-/m1/s1. The predicted molar refractivity (Wildman–Crippen MR) is 95.5 cm³/mol. The fourth-order valence-electron chi connectivity index (χ4n) is 2.40. The van der Waals surface area contributed by atoms with Crippen LogP contribution < -0.4 is 4.74 Å². The molecule has 5 heteroatoms. The van der Waals surface area contributed by atoms with Gasteiger partial charge >= 0.3 is 5.97 Å². The molecule has 2 aromatic rings. The number of rotatable bonds is 7. The quantitative estimate of drug-likeness (QED) is 0.839. The summed E-state index contributed by atoms with van der Waals surface area (Å²) in [4.78, 5) is 24.7. The predicted octanol–water partition coefficient (Wildman–Crippen LogP) is 3.30. The van der Waals surface area contributed by atoms with E-state index in [1.54, 1.807) is 6.92 Å². The smallest absolute Gasteiger partial charge is 0.326 e. The summed E-state index contributed by atoms with van der Waals surface area (Å²) in [5.74, 6) is -0.949. The number of carboxylic acid groups (broad SMARTS) is 1. The van der Waals surface area contributed by atoms with Crippen molar-refractivity contribution in [2.24, 2.45) is 0 Å². The molecule has 0 heterocycles. The van der Waals surface area contributed by atoms with Gasteiger partial charge in [-0.15, -0.1) is 0 Å². The lowest BCUT2D eigenvalue weighted by Crippen LogP contribution is -2.42. The Kier molecular flexibility index (Phi) is 6.17. The third-order valence-corrected chi connectivity index (χ3v) is 4.28. The number of likely N-dealkylation sites (N-methyl/N-ethyl adjacent to an activating group) is 1. The summed E-state index contributed by atoms with van der Waals surface area (Å²) < 4.78 is 5.73. The highest BCUT2D eigenvalue weighted by molar-refractivity contribution is 5.87. The Morgan fingerprint density at radius 2 is 1.64 bits per heavy atom. The van der Waals surface area contributed by atoms with Crippen LogP contribution in [0.1, 0.15) is 30.9 Å². The van der Waals surface area contributed by atoms with Gasteiger partial charge in [-0.25, -0.2) is 4.79 Å². The lowest BCUT2D eigenvalue weighted by molar-refractivity contribution is -0.148. The Balaban J connectivity index is 1.98. The van der Waals surface area contributed by atoms with Gasteiger partial charge in [-0.05, 0) is 37.1 Å². The Morgan fingerprint density at radius 1 is 1.04 bits per heavy atom. The zero-order chi connectivity index (χ0) is 18.4. The number of carbonyl (C=O) groups is 2. The van der Waals surface area contributed by atoms with Crippen molar-refractivity contribution >= 4 is 11.9 Å². The first kappa shape index (κ1) is 18.5. The van der Waals surface area contributed by atoms with Crippen molar-refractivity contribution in [1.82, 2.24) is 4.90 Å². The zero-order valence-corrected chi connectivity index (χ0v) is 14.7. The summed E-state index contributed by atoms with van der Waals surface area (Å²) in [6.45, 7) is 3.74. The molecule has 0 aliphatic rings. The fourth-order valence-corrected chi connectivity index (χ4v) is 2.40. The van der Waals surface area contributed by atoms with Crippen molar-refractivity contribution in [3.8, 4) is 5.75 Å². The molecule has 25 heavy (non-hydrogen) atoms. The van der Waals surface area contributed by atoms with E-state index in [1.807, 2.05) is 54.6 Å². The minimum Gasteiger partial charge on any atom is -0.489 e. The van der Waals surface area contributed by atoms with Crippen molar-refractivity contribution in [3.63, 3.8) is 0 Å². The summed E-state index contributed by atoms with van der Waals surface area (Å²) in [5, 5.41) is 9.03. The van der Waals surface area contributed by atoms with E-state index < -0.39 is 17.9 Å². The van der Waals surface area contributed by atoms with Crippen molar-refractivity contribution in [2.45, 2.75) is 32.4 Å². The molecule has 0 bridgehead atoms. The van der Waals surface area contributed by atoms with Gasteiger partial charge in [-0.3, -0.25) is 4.79 Å². The molecule has 0 aliphatic heterocycles. The Hall–Kier alpha value is -2.82.